The molecule has 0 spiro atoms. The van der Waals surface area contributed by atoms with Crippen LogP contribution >= 0.6 is 15.9 Å². The van der Waals surface area contributed by atoms with E-state index >= 15 is 0 Å². The fourth-order valence-electron chi connectivity index (χ4n) is 2.43. The van der Waals surface area contributed by atoms with E-state index in [9.17, 15) is 18.0 Å². The molecular weight excluding hydrogens is 426 g/mol. The number of carbonyl (C=O) groups is 2. The maximum absolute atomic E-state index is 13.0. The number of hydrogen-bond donors (Lipinski definition) is 0. The summed E-state index contributed by atoms with van der Waals surface area (Å²) in [7, 11) is -2.62. The number of halogens is 1. The van der Waals surface area contributed by atoms with Gasteiger partial charge in [0.15, 0.2) is 0 Å². The Morgan fingerprint density at radius 1 is 1.31 bits per heavy atom. The Morgan fingerprint density at radius 3 is 2.58 bits per heavy atom. The minimum Gasteiger partial charge on any atom is -0.466 e. The van der Waals surface area contributed by atoms with Crippen LogP contribution < -0.4 is 0 Å². The molecule has 9 heteroatoms. The third-order valence-corrected chi connectivity index (χ3v) is 6.56. The summed E-state index contributed by atoms with van der Waals surface area (Å²) in [5, 5.41) is 0. The van der Waals surface area contributed by atoms with E-state index in [0.717, 1.165) is 12.8 Å². The van der Waals surface area contributed by atoms with Gasteiger partial charge in [-0.2, -0.15) is 4.31 Å². The highest BCUT2D eigenvalue weighted by Gasteiger charge is 2.32. The standard InChI is InChI=1S/C17H22BrNO6S/c1-3-25-16(20)8-9-19(11-12-4-5-12)26(22,23)13-6-7-15(18)14(10-13)17(21)24-2/h6-7,10,12H,3-5,8-9,11H2,1-2H3. The van der Waals surface area contributed by atoms with Crippen molar-refractivity contribution in [2.45, 2.75) is 31.1 Å². The summed E-state index contributed by atoms with van der Waals surface area (Å²) in [5.41, 5.74) is 0.130. The maximum Gasteiger partial charge on any atom is 0.339 e. The van der Waals surface area contributed by atoms with Crippen LogP contribution in [0.2, 0.25) is 0 Å². The zero-order valence-electron chi connectivity index (χ0n) is 14.7. The first-order valence-electron chi connectivity index (χ1n) is 8.33. The van der Waals surface area contributed by atoms with E-state index in [1.807, 2.05) is 0 Å². The molecule has 0 N–H and O–H groups in total. The molecule has 1 aromatic carbocycles. The fraction of sp³-hybridized carbons (Fsp3) is 0.529. The van der Waals surface area contributed by atoms with Crippen LogP contribution in [0.4, 0.5) is 0 Å². The number of nitrogens with zero attached hydrogens (tertiary/aromatic N) is 1. The summed E-state index contributed by atoms with van der Waals surface area (Å²) in [6.07, 6.45) is 1.93. The van der Waals surface area contributed by atoms with Crippen molar-refractivity contribution in [1.82, 2.24) is 4.31 Å². The normalized spacial score (nSPS) is 14.3. The smallest absolute Gasteiger partial charge is 0.339 e. The van der Waals surface area contributed by atoms with Gasteiger partial charge in [-0.15, -0.1) is 0 Å². The van der Waals surface area contributed by atoms with Gasteiger partial charge in [0.25, 0.3) is 0 Å². The SMILES string of the molecule is CCOC(=O)CCN(CC1CC1)S(=O)(=O)c1ccc(Br)c(C(=O)OC)c1. The average Bonchev–Trinajstić information content (AvgIpc) is 3.42. The van der Waals surface area contributed by atoms with Gasteiger partial charge < -0.3 is 9.47 Å². The molecule has 0 heterocycles. The van der Waals surface area contributed by atoms with Gasteiger partial charge in [0.1, 0.15) is 0 Å². The van der Waals surface area contributed by atoms with Crippen molar-refractivity contribution in [3.63, 3.8) is 0 Å². The van der Waals surface area contributed by atoms with Gasteiger partial charge in [-0.1, -0.05) is 0 Å². The number of carbonyl (C=O) groups excluding carboxylic acids is 2. The molecule has 2 rings (SSSR count). The minimum atomic E-state index is -3.85. The van der Waals surface area contributed by atoms with E-state index in [1.165, 1.54) is 29.6 Å². The highest BCUT2D eigenvalue weighted by atomic mass is 79.9. The number of esters is 2. The second-order valence-electron chi connectivity index (χ2n) is 5.99. The van der Waals surface area contributed by atoms with Crippen molar-refractivity contribution in [3.05, 3.63) is 28.2 Å². The first kappa shape index (κ1) is 20.9. The van der Waals surface area contributed by atoms with Crippen molar-refractivity contribution in [3.8, 4) is 0 Å². The fourth-order valence-corrected chi connectivity index (χ4v) is 4.38. The van der Waals surface area contributed by atoms with Crippen LogP contribution in [0, 0.1) is 5.92 Å². The van der Waals surface area contributed by atoms with Crippen molar-refractivity contribution < 1.29 is 27.5 Å². The summed E-state index contributed by atoms with van der Waals surface area (Å²) in [6.45, 7) is 2.35. The Bertz CT molecular complexity index is 775. The molecule has 0 aromatic heterocycles. The molecule has 1 aliphatic rings. The van der Waals surface area contributed by atoms with E-state index < -0.39 is 22.0 Å². The Balaban J connectivity index is 2.27. The Labute approximate surface area is 161 Å². The van der Waals surface area contributed by atoms with E-state index in [0.29, 0.717) is 16.9 Å². The highest BCUT2D eigenvalue weighted by Crippen LogP contribution is 2.32. The summed E-state index contributed by atoms with van der Waals surface area (Å²) in [6, 6.07) is 4.21. The number of methoxy groups -OCH3 is 1. The molecule has 1 fully saturated rings. The molecule has 0 aliphatic heterocycles. The molecule has 26 heavy (non-hydrogen) atoms. The topological polar surface area (TPSA) is 90.0 Å². The molecule has 0 amide bonds. The molecule has 144 valence electrons. The second kappa shape index (κ2) is 8.96. The van der Waals surface area contributed by atoms with Crippen LogP contribution in [0.1, 0.15) is 36.5 Å². The molecule has 0 saturated heterocycles. The molecule has 0 atom stereocenters. The summed E-state index contributed by atoms with van der Waals surface area (Å²) in [5.74, 6) is -0.758. The molecule has 1 aromatic rings. The number of sulfonamides is 1. The first-order valence-corrected chi connectivity index (χ1v) is 10.6. The summed E-state index contributed by atoms with van der Waals surface area (Å²) in [4.78, 5) is 23.5. The number of ether oxygens (including phenoxy) is 2. The van der Waals surface area contributed by atoms with Crippen LogP contribution in [0.3, 0.4) is 0 Å². The number of benzene rings is 1. The van der Waals surface area contributed by atoms with Gasteiger partial charge in [-0.05, 0) is 59.8 Å². The molecular formula is C17H22BrNO6S. The van der Waals surface area contributed by atoms with Crippen LogP contribution in [0.15, 0.2) is 27.6 Å². The lowest BCUT2D eigenvalue weighted by Gasteiger charge is -2.22. The van der Waals surface area contributed by atoms with Crippen molar-refractivity contribution in [2.24, 2.45) is 5.92 Å². The van der Waals surface area contributed by atoms with Gasteiger partial charge >= 0.3 is 11.9 Å². The van der Waals surface area contributed by atoms with Gasteiger partial charge in [0.2, 0.25) is 10.0 Å². The Kier molecular flexibility index (Phi) is 7.19. The van der Waals surface area contributed by atoms with Gasteiger partial charge in [0, 0.05) is 17.6 Å². The third-order valence-electron chi connectivity index (χ3n) is 4.01. The lowest BCUT2D eigenvalue weighted by Crippen LogP contribution is -2.35. The number of rotatable bonds is 9. The van der Waals surface area contributed by atoms with Crippen LogP contribution in [0.5, 0.6) is 0 Å². The van der Waals surface area contributed by atoms with Crippen LogP contribution in [0.25, 0.3) is 0 Å². The molecule has 0 bridgehead atoms. The van der Waals surface area contributed by atoms with Crippen molar-refractivity contribution >= 4 is 37.9 Å². The molecule has 1 saturated carbocycles. The predicted molar refractivity (Wildman–Crippen MR) is 98.2 cm³/mol. The second-order valence-corrected chi connectivity index (χ2v) is 8.79. The van der Waals surface area contributed by atoms with E-state index in [-0.39, 0.29) is 30.0 Å². The van der Waals surface area contributed by atoms with E-state index in [2.05, 4.69) is 20.7 Å². The van der Waals surface area contributed by atoms with Gasteiger partial charge in [-0.3, -0.25) is 4.79 Å². The zero-order valence-corrected chi connectivity index (χ0v) is 17.1. The van der Waals surface area contributed by atoms with Crippen LogP contribution in [-0.4, -0.2) is 51.5 Å². The van der Waals surface area contributed by atoms with Crippen molar-refractivity contribution in [1.29, 1.82) is 0 Å². The molecule has 0 radical (unpaired) electrons. The first-order chi connectivity index (χ1) is 12.3. The van der Waals surface area contributed by atoms with E-state index in [4.69, 9.17) is 4.74 Å². The predicted octanol–water partition coefficient (Wildman–Crippen LogP) is 2.59. The van der Waals surface area contributed by atoms with Crippen LogP contribution in [-0.2, 0) is 24.3 Å². The van der Waals surface area contributed by atoms with E-state index in [1.54, 1.807) is 6.92 Å². The van der Waals surface area contributed by atoms with Crippen molar-refractivity contribution in [2.75, 3.05) is 26.8 Å². The lowest BCUT2D eigenvalue weighted by atomic mass is 10.2. The summed E-state index contributed by atoms with van der Waals surface area (Å²) < 4.78 is 37.4. The average molecular weight is 448 g/mol. The van der Waals surface area contributed by atoms with Gasteiger partial charge in [0.05, 0.1) is 30.6 Å². The minimum absolute atomic E-state index is 0.00870. The monoisotopic (exact) mass is 447 g/mol. The van der Waals surface area contributed by atoms with Gasteiger partial charge in [-0.25, -0.2) is 13.2 Å². The zero-order chi connectivity index (χ0) is 19.3. The maximum atomic E-state index is 13.0. The number of hydrogen-bond acceptors (Lipinski definition) is 6. The Morgan fingerprint density at radius 2 is 2.00 bits per heavy atom. The lowest BCUT2D eigenvalue weighted by molar-refractivity contribution is -0.143. The summed E-state index contributed by atoms with van der Waals surface area (Å²) >= 11 is 3.22. The highest BCUT2D eigenvalue weighted by molar-refractivity contribution is 9.10. The molecule has 0 unspecified atom stereocenters. The molecule has 1 aliphatic carbocycles. The third kappa shape index (κ3) is 5.28. The quantitative estimate of drug-likeness (QED) is 0.540. The Hall–Kier alpha value is -1.45. The largest absolute Gasteiger partial charge is 0.466 e. The molecule has 7 nitrogen and oxygen atoms in total.